The number of rotatable bonds is 5. The van der Waals surface area contributed by atoms with Crippen molar-refractivity contribution in [3.63, 3.8) is 0 Å². The van der Waals surface area contributed by atoms with Gasteiger partial charge in [0.05, 0.1) is 12.2 Å². The van der Waals surface area contributed by atoms with E-state index in [4.69, 9.17) is 9.47 Å². The van der Waals surface area contributed by atoms with E-state index < -0.39 is 0 Å². The molecule has 1 aliphatic carbocycles. The number of para-hydroxylation sites is 1. The third-order valence-corrected chi connectivity index (χ3v) is 5.19. The summed E-state index contributed by atoms with van der Waals surface area (Å²) >= 11 is 0. The van der Waals surface area contributed by atoms with Crippen molar-refractivity contribution < 1.29 is 9.47 Å². The fourth-order valence-corrected chi connectivity index (χ4v) is 3.76. The van der Waals surface area contributed by atoms with Crippen LogP contribution < -0.4 is 10.1 Å². The van der Waals surface area contributed by atoms with Gasteiger partial charge in [-0.2, -0.15) is 0 Å². The maximum atomic E-state index is 5.86. The molecule has 0 spiro atoms. The van der Waals surface area contributed by atoms with Gasteiger partial charge in [-0.25, -0.2) is 0 Å². The Kier molecular flexibility index (Phi) is 3.99. The number of benzene rings is 1. The zero-order chi connectivity index (χ0) is 14.0. The quantitative estimate of drug-likeness (QED) is 0.895. The molecule has 2 aliphatic rings. The predicted molar refractivity (Wildman–Crippen MR) is 80.4 cm³/mol. The molecule has 0 saturated heterocycles. The highest BCUT2D eigenvalue weighted by atomic mass is 16.5. The Bertz CT molecular complexity index is 451. The Morgan fingerprint density at radius 3 is 2.85 bits per heavy atom. The van der Waals surface area contributed by atoms with Crippen LogP contribution >= 0.6 is 0 Å². The van der Waals surface area contributed by atoms with E-state index in [9.17, 15) is 0 Å². The number of hydrogen-bond acceptors (Lipinski definition) is 3. The molecule has 20 heavy (non-hydrogen) atoms. The Labute approximate surface area is 121 Å². The molecular formula is C17H25NO2. The second-order valence-electron chi connectivity index (χ2n) is 6.07. The van der Waals surface area contributed by atoms with Crippen molar-refractivity contribution >= 4 is 0 Å². The molecule has 1 aromatic carbocycles. The molecule has 1 aliphatic heterocycles. The number of nitrogens with one attached hydrogen (secondary N) is 1. The van der Waals surface area contributed by atoms with Gasteiger partial charge in [0.25, 0.3) is 0 Å². The summed E-state index contributed by atoms with van der Waals surface area (Å²) in [6, 6.07) is 8.90. The maximum absolute atomic E-state index is 5.86. The van der Waals surface area contributed by atoms with Crippen LogP contribution in [0.15, 0.2) is 24.3 Å². The van der Waals surface area contributed by atoms with Crippen molar-refractivity contribution in [1.29, 1.82) is 0 Å². The Hall–Kier alpha value is -1.06. The zero-order valence-corrected chi connectivity index (χ0v) is 12.5. The second-order valence-corrected chi connectivity index (χ2v) is 6.07. The summed E-state index contributed by atoms with van der Waals surface area (Å²) < 4.78 is 11.6. The van der Waals surface area contributed by atoms with Crippen molar-refractivity contribution in [2.75, 3.05) is 20.8 Å². The van der Waals surface area contributed by atoms with Crippen molar-refractivity contribution in [1.82, 2.24) is 5.32 Å². The number of likely N-dealkylation sites (N-methyl/N-ethyl adjacent to an activating group) is 1. The second kappa shape index (κ2) is 5.74. The third-order valence-electron chi connectivity index (χ3n) is 5.19. The predicted octanol–water partition coefficient (Wildman–Crippen LogP) is 3.10. The Balaban J connectivity index is 1.77. The first-order chi connectivity index (χ1) is 9.79. The molecule has 0 bridgehead atoms. The van der Waals surface area contributed by atoms with Crippen LogP contribution in [-0.2, 0) is 4.74 Å². The third kappa shape index (κ3) is 2.33. The lowest BCUT2D eigenvalue weighted by Gasteiger charge is -2.47. The summed E-state index contributed by atoms with van der Waals surface area (Å²) in [7, 11) is 3.93. The van der Waals surface area contributed by atoms with E-state index in [1.807, 2.05) is 7.11 Å². The highest BCUT2D eigenvalue weighted by Crippen LogP contribution is 2.43. The van der Waals surface area contributed by atoms with Crippen molar-refractivity contribution in [2.45, 2.75) is 49.7 Å². The van der Waals surface area contributed by atoms with E-state index in [1.54, 1.807) is 0 Å². The van der Waals surface area contributed by atoms with E-state index in [-0.39, 0.29) is 5.60 Å². The SMILES string of the molecule is CNC(CC1CCOc2ccccc21)C1(OC)CCC1. The van der Waals surface area contributed by atoms with Crippen LogP contribution in [-0.4, -0.2) is 32.4 Å². The minimum Gasteiger partial charge on any atom is -0.493 e. The summed E-state index contributed by atoms with van der Waals surface area (Å²) in [6.07, 6.45) is 5.88. The van der Waals surface area contributed by atoms with Gasteiger partial charge >= 0.3 is 0 Å². The van der Waals surface area contributed by atoms with Crippen molar-refractivity contribution in [3.8, 4) is 5.75 Å². The fourth-order valence-electron chi connectivity index (χ4n) is 3.76. The van der Waals surface area contributed by atoms with Crippen LogP contribution in [0.3, 0.4) is 0 Å². The van der Waals surface area contributed by atoms with E-state index in [1.165, 1.54) is 24.8 Å². The van der Waals surface area contributed by atoms with Crippen molar-refractivity contribution in [3.05, 3.63) is 29.8 Å². The van der Waals surface area contributed by atoms with Gasteiger partial charge in [0.15, 0.2) is 0 Å². The molecule has 2 atom stereocenters. The van der Waals surface area contributed by atoms with Gasteiger partial charge in [0, 0.05) is 13.2 Å². The number of ether oxygens (including phenoxy) is 2. The maximum Gasteiger partial charge on any atom is 0.122 e. The zero-order valence-electron chi connectivity index (χ0n) is 12.5. The van der Waals surface area contributed by atoms with Crippen LogP contribution in [0.1, 0.15) is 43.6 Å². The Morgan fingerprint density at radius 1 is 1.40 bits per heavy atom. The average Bonchev–Trinajstić information content (AvgIpc) is 2.45. The van der Waals surface area contributed by atoms with E-state index in [0.29, 0.717) is 12.0 Å². The number of methoxy groups -OCH3 is 1. The summed E-state index contributed by atoms with van der Waals surface area (Å²) in [4.78, 5) is 0. The lowest BCUT2D eigenvalue weighted by molar-refractivity contribution is -0.100. The molecule has 1 N–H and O–H groups in total. The van der Waals surface area contributed by atoms with Crippen LogP contribution in [0.5, 0.6) is 5.75 Å². The molecule has 1 heterocycles. The highest BCUT2D eigenvalue weighted by molar-refractivity contribution is 5.38. The molecule has 1 aromatic rings. The summed E-state index contributed by atoms with van der Waals surface area (Å²) in [5.41, 5.74) is 1.42. The van der Waals surface area contributed by atoms with Crippen LogP contribution in [0.4, 0.5) is 0 Å². The first kappa shape index (κ1) is 13.9. The summed E-state index contributed by atoms with van der Waals surface area (Å²) in [5.74, 6) is 1.64. The average molecular weight is 275 g/mol. The largest absolute Gasteiger partial charge is 0.493 e. The van der Waals surface area contributed by atoms with Crippen LogP contribution in [0, 0.1) is 0 Å². The fraction of sp³-hybridized carbons (Fsp3) is 0.647. The summed E-state index contributed by atoms with van der Waals surface area (Å²) in [5, 5.41) is 3.51. The normalized spacial score (nSPS) is 25.2. The van der Waals surface area contributed by atoms with Gasteiger partial charge in [-0.1, -0.05) is 18.2 Å². The van der Waals surface area contributed by atoms with Crippen molar-refractivity contribution in [2.24, 2.45) is 0 Å². The lowest BCUT2D eigenvalue weighted by Crippen LogP contribution is -2.56. The first-order valence-corrected chi connectivity index (χ1v) is 7.73. The number of hydrogen-bond donors (Lipinski definition) is 1. The minimum absolute atomic E-state index is 0.0575. The van der Waals surface area contributed by atoms with Gasteiger partial charge in [-0.05, 0) is 56.7 Å². The lowest BCUT2D eigenvalue weighted by atomic mass is 9.71. The molecule has 1 fully saturated rings. The molecule has 0 amide bonds. The van der Waals surface area contributed by atoms with E-state index in [0.717, 1.165) is 25.2 Å². The van der Waals surface area contributed by atoms with Crippen LogP contribution in [0.25, 0.3) is 0 Å². The van der Waals surface area contributed by atoms with E-state index in [2.05, 4.69) is 36.6 Å². The highest BCUT2D eigenvalue weighted by Gasteiger charge is 2.44. The molecule has 3 nitrogen and oxygen atoms in total. The van der Waals surface area contributed by atoms with E-state index >= 15 is 0 Å². The number of fused-ring (bicyclic) bond motifs is 1. The van der Waals surface area contributed by atoms with Gasteiger partial charge in [0.1, 0.15) is 5.75 Å². The molecule has 110 valence electrons. The molecule has 3 heteroatoms. The molecule has 3 rings (SSSR count). The molecule has 0 radical (unpaired) electrons. The molecule has 1 saturated carbocycles. The molecule has 0 aromatic heterocycles. The first-order valence-electron chi connectivity index (χ1n) is 7.73. The minimum atomic E-state index is 0.0575. The topological polar surface area (TPSA) is 30.5 Å². The van der Waals surface area contributed by atoms with Crippen LogP contribution in [0.2, 0.25) is 0 Å². The molecular weight excluding hydrogens is 250 g/mol. The Morgan fingerprint density at radius 2 is 2.20 bits per heavy atom. The standard InChI is InChI=1S/C17H25NO2/c1-18-16(17(19-2)9-5-10-17)12-13-8-11-20-15-7-4-3-6-14(13)15/h3-4,6-7,13,16,18H,5,8-12H2,1-2H3. The molecule has 2 unspecified atom stereocenters. The monoisotopic (exact) mass is 275 g/mol. The van der Waals surface area contributed by atoms with Gasteiger partial charge in [0.2, 0.25) is 0 Å². The van der Waals surface area contributed by atoms with Gasteiger partial charge in [-0.3, -0.25) is 0 Å². The summed E-state index contributed by atoms with van der Waals surface area (Å²) in [6.45, 7) is 0.831. The smallest absolute Gasteiger partial charge is 0.122 e. The van der Waals surface area contributed by atoms with Gasteiger partial charge < -0.3 is 14.8 Å². The van der Waals surface area contributed by atoms with Gasteiger partial charge in [-0.15, -0.1) is 0 Å².